The molecular formula is C25H33N3O2. The highest BCUT2D eigenvalue weighted by Gasteiger charge is 2.29. The van der Waals surface area contributed by atoms with Crippen molar-refractivity contribution in [2.45, 2.75) is 54.0 Å². The molecule has 1 saturated heterocycles. The monoisotopic (exact) mass is 407 g/mol. The Morgan fingerprint density at radius 2 is 1.67 bits per heavy atom. The molecule has 2 aromatic rings. The number of urea groups is 1. The molecule has 0 aliphatic carbocycles. The van der Waals surface area contributed by atoms with E-state index in [0.717, 1.165) is 29.8 Å². The molecular weight excluding hydrogens is 374 g/mol. The molecule has 1 N–H and O–H groups in total. The summed E-state index contributed by atoms with van der Waals surface area (Å²) in [5.74, 6) is -0.0321. The Labute approximate surface area is 180 Å². The molecule has 2 aromatic carbocycles. The molecule has 1 aliphatic rings. The summed E-state index contributed by atoms with van der Waals surface area (Å²) >= 11 is 0. The molecule has 3 rings (SSSR count). The quantitative estimate of drug-likeness (QED) is 0.710. The maximum absolute atomic E-state index is 13.3. The fourth-order valence-electron chi connectivity index (χ4n) is 3.73. The van der Waals surface area contributed by atoms with Gasteiger partial charge in [0.05, 0.1) is 11.4 Å². The van der Waals surface area contributed by atoms with Crippen LogP contribution in [0.1, 0.15) is 50.3 Å². The number of rotatable bonds is 5. The van der Waals surface area contributed by atoms with Crippen LogP contribution in [0, 0.1) is 19.3 Å². The largest absolute Gasteiger partial charge is 0.324 e. The van der Waals surface area contributed by atoms with Gasteiger partial charge in [-0.15, -0.1) is 0 Å². The van der Waals surface area contributed by atoms with Gasteiger partial charge in [-0.3, -0.25) is 9.69 Å². The third-order valence-corrected chi connectivity index (χ3v) is 5.21. The van der Waals surface area contributed by atoms with Crippen molar-refractivity contribution in [1.29, 1.82) is 0 Å². The van der Waals surface area contributed by atoms with Crippen molar-refractivity contribution in [2.24, 2.45) is 5.41 Å². The number of carbonyl (C=O) groups is 2. The van der Waals surface area contributed by atoms with Crippen molar-refractivity contribution in [3.63, 3.8) is 0 Å². The minimum absolute atomic E-state index is 0.0167. The highest BCUT2D eigenvalue weighted by atomic mass is 16.2. The number of benzene rings is 2. The minimum Gasteiger partial charge on any atom is -0.324 e. The predicted molar refractivity (Wildman–Crippen MR) is 123 cm³/mol. The van der Waals surface area contributed by atoms with Gasteiger partial charge < -0.3 is 10.2 Å². The number of amides is 3. The van der Waals surface area contributed by atoms with E-state index in [1.54, 1.807) is 4.90 Å². The fourth-order valence-corrected chi connectivity index (χ4v) is 3.73. The average Bonchev–Trinajstić information content (AvgIpc) is 2.64. The number of carbonyl (C=O) groups excluding carboxylic acids is 2. The van der Waals surface area contributed by atoms with Gasteiger partial charge in [0.2, 0.25) is 5.91 Å². The van der Waals surface area contributed by atoms with E-state index in [2.05, 4.69) is 36.5 Å². The van der Waals surface area contributed by atoms with Crippen LogP contribution in [-0.4, -0.2) is 29.9 Å². The second kappa shape index (κ2) is 8.90. The van der Waals surface area contributed by atoms with Crippen LogP contribution in [0.15, 0.2) is 42.5 Å². The van der Waals surface area contributed by atoms with Gasteiger partial charge in [-0.2, -0.15) is 0 Å². The van der Waals surface area contributed by atoms with Crippen LogP contribution in [0.3, 0.4) is 0 Å². The van der Waals surface area contributed by atoms with E-state index in [1.165, 1.54) is 5.56 Å². The summed E-state index contributed by atoms with van der Waals surface area (Å²) in [5.41, 5.74) is 4.75. The molecule has 30 heavy (non-hydrogen) atoms. The van der Waals surface area contributed by atoms with Crippen molar-refractivity contribution in [3.8, 4) is 0 Å². The first-order valence-corrected chi connectivity index (χ1v) is 10.6. The van der Waals surface area contributed by atoms with Crippen molar-refractivity contribution in [3.05, 3.63) is 59.2 Å². The van der Waals surface area contributed by atoms with Crippen molar-refractivity contribution >= 4 is 23.3 Å². The Kier molecular flexibility index (Phi) is 6.49. The zero-order valence-electron chi connectivity index (χ0n) is 18.8. The van der Waals surface area contributed by atoms with Crippen molar-refractivity contribution in [2.75, 3.05) is 23.3 Å². The molecule has 0 radical (unpaired) electrons. The average molecular weight is 408 g/mol. The number of hydrogen-bond acceptors (Lipinski definition) is 2. The van der Waals surface area contributed by atoms with Gasteiger partial charge in [-0.05, 0) is 48.9 Å². The van der Waals surface area contributed by atoms with Gasteiger partial charge >= 0.3 is 6.03 Å². The van der Waals surface area contributed by atoms with Crippen LogP contribution >= 0.6 is 0 Å². The van der Waals surface area contributed by atoms with E-state index in [0.29, 0.717) is 25.2 Å². The number of aryl methyl sites for hydroxylation is 2. The smallest absolute Gasteiger partial charge is 0.324 e. The van der Waals surface area contributed by atoms with E-state index in [9.17, 15) is 9.59 Å². The Morgan fingerprint density at radius 1 is 1.00 bits per heavy atom. The normalized spacial score (nSPS) is 14.8. The van der Waals surface area contributed by atoms with E-state index < -0.39 is 0 Å². The lowest BCUT2D eigenvalue weighted by molar-refractivity contribution is -0.117. The fraction of sp³-hybridized carbons (Fsp3) is 0.440. The molecule has 1 fully saturated rings. The van der Waals surface area contributed by atoms with Crippen LogP contribution in [0.25, 0.3) is 0 Å². The highest BCUT2D eigenvalue weighted by Crippen LogP contribution is 2.31. The Hall–Kier alpha value is -2.82. The van der Waals surface area contributed by atoms with E-state index >= 15 is 0 Å². The summed E-state index contributed by atoms with van der Waals surface area (Å²) in [4.78, 5) is 29.5. The van der Waals surface area contributed by atoms with E-state index in [-0.39, 0.29) is 17.4 Å². The molecule has 5 heteroatoms. The summed E-state index contributed by atoms with van der Waals surface area (Å²) in [7, 11) is 0. The van der Waals surface area contributed by atoms with Crippen molar-refractivity contribution < 1.29 is 9.59 Å². The van der Waals surface area contributed by atoms with E-state index in [1.807, 2.05) is 50.8 Å². The second-order valence-corrected chi connectivity index (χ2v) is 9.50. The van der Waals surface area contributed by atoms with Crippen LogP contribution in [0.2, 0.25) is 0 Å². The van der Waals surface area contributed by atoms with Gasteiger partial charge in [0.15, 0.2) is 0 Å². The molecule has 3 amide bonds. The van der Waals surface area contributed by atoms with E-state index in [4.69, 9.17) is 0 Å². The first-order valence-electron chi connectivity index (χ1n) is 10.6. The third kappa shape index (κ3) is 5.62. The topological polar surface area (TPSA) is 52.6 Å². The number of anilines is 2. The molecule has 0 aromatic heterocycles. The SMILES string of the molecule is Cc1ccc(CN2CCCN(c3ccc(C)cc3NC(=O)CC(C)(C)C)C2=O)cc1. The standard InChI is InChI=1S/C25H33N3O2/c1-18-7-10-20(11-8-18)17-27-13-6-14-28(24(27)30)22-12-9-19(2)15-21(22)26-23(29)16-25(3,4)5/h7-12,15H,6,13-14,16-17H2,1-5H3,(H,26,29). The number of hydrogen-bond donors (Lipinski definition) is 1. The van der Waals surface area contributed by atoms with Crippen LogP contribution < -0.4 is 10.2 Å². The zero-order chi connectivity index (χ0) is 21.9. The molecule has 5 nitrogen and oxygen atoms in total. The van der Waals surface area contributed by atoms with Crippen LogP contribution in [-0.2, 0) is 11.3 Å². The predicted octanol–water partition coefficient (Wildman–Crippen LogP) is 5.51. The van der Waals surface area contributed by atoms with Crippen LogP contribution in [0.5, 0.6) is 0 Å². The molecule has 0 atom stereocenters. The summed E-state index contributed by atoms with van der Waals surface area (Å²) in [6, 6.07) is 14.2. The summed E-state index contributed by atoms with van der Waals surface area (Å²) in [5, 5.41) is 3.05. The van der Waals surface area contributed by atoms with Crippen LogP contribution in [0.4, 0.5) is 16.2 Å². The maximum Gasteiger partial charge on any atom is 0.324 e. The first kappa shape index (κ1) is 21.9. The number of nitrogens with one attached hydrogen (secondary N) is 1. The lowest BCUT2D eigenvalue weighted by atomic mass is 9.92. The van der Waals surface area contributed by atoms with Gasteiger partial charge in [-0.1, -0.05) is 56.7 Å². The maximum atomic E-state index is 13.3. The Morgan fingerprint density at radius 3 is 2.33 bits per heavy atom. The van der Waals surface area contributed by atoms with Gasteiger partial charge in [-0.25, -0.2) is 4.79 Å². The number of nitrogens with zero attached hydrogens (tertiary/aromatic N) is 2. The zero-order valence-corrected chi connectivity index (χ0v) is 18.8. The first-order chi connectivity index (χ1) is 14.1. The molecule has 0 bridgehead atoms. The summed E-state index contributed by atoms with van der Waals surface area (Å²) in [6.07, 6.45) is 1.31. The molecule has 0 spiro atoms. The lowest BCUT2D eigenvalue weighted by Gasteiger charge is -2.36. The Balaban J connectivity index is 1.81. The van der Waals surface area contributed by atoms with Gasteiger partial charge in [0.25, 0.3) is 0 Å². The molecule has 0 saturated carbocycles. The molecule has 160 valence electrons. The lowest BCUT2D eigenvalue weighted by Crippen LogP contribution is -2.49. The molecule has 1 aliphatic heterocycles. The minimum atomic E-state index is -0.0974. The summed E-state index contributed by atoms with van der Waals surface area (Å²) in [6.45, 7) is 12.2. The third-order valence-electron chi connectivity index (χ3n) is 5.21. The molecule has 0 unspecified atom stereocenters. The second-order valence-electron chi connectivity index (χ2n) is 9.50. The van der Waals surface area contributed by atoms with Gasteiger partial charge in [0.1, 0.15) is 0 Å². The Bertz CT molecular complexity index is 913. The molecule has 1 heterocycles. The summed E-state index contributed by atoms with van der Waals surface area (Å²) < 4.78 is 0. The highest BCUT2D eigenvalue weighted by molar-refractivity contribution is 6.01. The van der Waals surface area contributed by atoms with Crippen molar-refractivity contribution in [1.82, 2.24) is 4.90 Å². The van der Waals surface area contributed by atoms with Gasteiger partial charge in [0, 0.05) is 26.1 Å².